The summed E-state index contributed by atoms with van der Waals surface area (Å²) >= 11 is 0. The fourth-order valence-electron chi connectivity index (χ4n) is 6.63. The van der Waals surface area contributed by atoms with E-state index in [4.69, 9.17) is 5.73 Å². The zero-order valence-corrected chi connectivity index (χ0v) is 23.3. The Morgan fingerprint density at radius 2 is 1.85 bits per heavy atom. The average molecular weight is 640 g/mol. The van der Waals surface area contributed by atoms with Crippen LogP contribution in [0, 0.1) is 34.7 Å². The maximum atomic E-state index is 15.7. The maximum absolute atomic E-state index is 15.7. The summed E-state index contributed by atoms with van der Waals surface area (Å²) < 4.78 is 104. The number of H-pyrrole nitrogens is 1. The van der Waals surface area contributed by atoms with Gasteiger partial charge >= 0.3 is 0 Å². The molecule has 1 amide bonds. The van der Waals surface area contributed by atoms with E-state index >= 15 is 8.78 Å². The third-order valence-corrected chi connectivity index (χ3v) is 8.64. The molecule has 15 heteroatoms. The highest BCUT2D eigenvalue weighted by atomic mass is 19.3. The SMILES string of the molecule is N#Cc1ccc(-c2cc3[nH]ncc3nc2[C@@H](Cc2cc(F)cc(F)c2)C(C(N)=O)n2nc(C(F)F)c3c2C(F)(F)[C@@H]2C[C@H]32)cc1F. The Morgan fingerprint density at radius 3 is 2.50 bits per heavy atom. The molecule has 0 saturated heterocycles. The van der Waals surface area contributed by atoms with E-state index in [-0.39, 0.29) is 45.4 Å². The van der Waals surface area contributed by atoms with Crippen LogP contribution in [0.25, 0.3) is 22.2 Å². The third kappa shape index (κ3) is 4.58. The number of nitrogens with two attached hydrogens (primary N) is 1. The Labute approximate surface area is 254 Å². The lowest BCUT2D eigenvalue weighted by Gasteiger charge is -2.29. The van der Waals surface area contributed by atoms with Crippen LogP contribution < -0.4 is 5.73 Å². The van der Waals surface area contributed by atoms with E-state index in [9.17, 15) is 32.0 Å². The fraction of sp³-hybridized carbons (Fsp3) is 0.258. The van der Waals surface area contributed by atoms with Crippen molar-refractivity contribution in [1.29, 1.82) is 5.26 Å². The van der Waals surface area contributed by atoms with Crippen LogP contribution >= 0.6 is 0 Å². The molecule has 2 aliphatic carbocycles. The number of primary amides is 1. The molecule has 4 atom stereocenters. The zero-order valence-electron chi connectivity index (χ0n) is 23.3. The number of hydrogen-bond acceptors (Lipinski definition) is 5. The van der Waals surface area contributed by atoms with Crippen LogP contribution in [-0.4, -0.2) is 30.9 Å². The average Bonchev–Trinajstić information content (AvgIpc) is 3.39. The van der Waals surface area contributed by atoms with Crippen LogP contribution in [0.1, 0.15) is 64.5 Å². The van der Waals surface area contributed by atoms with Crippen molar-refractivity contribution in [2.45, 2.75) is 43.1 Å². The molecule has 1 fully saturated rings. The largest absolute Gasteiger partial charge is 0.368 e. The summed E-state index contributed by atoms with van der Waals surface area (Å²) in [7, 11) is 0. The van der Waals surface area contributed by atoms with Crippen LogP contribution in [0.5, 0.6) is 0 Å². The van der Waals surface area contributed by atoms with Gasteiger partial charge in [-0.1, -0.05) is 6.07 Å². The number of amides is 1. The summed E-state index contributed by atoms with van der Waals surface area (Å²) in [6.45, 7) is 0. The van der Waals surface area contributed by atoms with Gasteiger partial charge in [0.1, 0.15) is 46.5 Å². The molecule has 46 heavy (non-hydrogen) atoms. The smallest absolute Gasteiger partial charge is 0.293 e. The van der Waals surface area contributed by atoms with Crippen molar-refractivity contribution in [3.05, 3.63) is 99.9 Å². The van der Waals surface area contributed by atoms with Gasteiger partial charge in [-0.3, -0.25) is 9.89 Å². The molecule has 0 spiro atoms. The van der Waals surface area contributed by atoms with Gasteiger partial charge in [-0.25, -0.2) is 31.6 Å². The number of aromatic amines is 1. The summed E-state index contributed by atoms with van der Waals surface area (Å²) in [6, 6.07) is 7.34. The molecule has 2 aliphatic rings. The van der Waals surface area contributed by atoms with Gasteiger partial charge in [0.05, 0.1) is 23.0 Å². The van der Waals surface area contributed by atoms with Crippen molar-refractivity contribution < 1.29 is 35.5 Å². The van der Waals surface area contributed by atoms with Gasteiger partial charge < -0.3 is 5.73 Å². The number of pyridine rings is 1. The predicted molar refractivity (Wildman–Crippen MR) is 147 cm³/mol. The Hall–Kier alpha value is -5.26. The number of halogens is 7. The van der Waals surface area contributed by atoms with E-state index in [1.807, 2.05) is 0 Å². The second kappa shape index (κ2) is 10.4. The molecule has 2 aromatic carbocycles. The zero-order chi connectivity index (χ0) is 32.7. The quantitative estimate of drug-likeness (QED) is 0.193. The molecule has 0 aliphatic heterocycles. The van der Waals surface area contributed by atoms with Crippen LogP contribution in [-0.2, 0) is 17.1 Å². The number of nitriles is 1. The number of benzene rings is 2. The summed E-state index contributed by atoms with van der Waals surface area (Å²) in [5.41, 5.74) is 4.09. The molecule has 5 aromatic rings. The summed E-state index contributed by atoms with van der Waals surface area (Å²) in [4.78, 5) is 18.0. The first-order chi connectivity index (χ1) is 21.9. The molecule has 0 radical (unpaired) electrons. The van der Waals surface area contributed by atoms with Gasteiger partial charge in [0, 0.05) is 29.0 Å². The molecule has 7 rings (SSSR count). The van der Waals surface area contributed by atoms with E-state index in [2.05, 4.69) is 20.3 Å². The first-order valence-electron chi connectivity index (χ1n) is 14.0. The first-order valence-corrected chi connectivity index (χ1v) is 14.0. The Morgan fingerprint density at radius 1 is 1.11 bits per heavy atom. The highest BCUT2D eigenvalue weighted by Crippen LogP contribution is 2.68. The third-order valence-electron chi connectivity index (χ3n) is 8.64. The number of carbonyl (C=O) groups is 1. The monoisotopic (exact) mass is 639 g/mol. The van der Waals surface area contributed by atoms with Crippen molar-refractivity contribution in [3.63, 3.8) is 0 Å². The minimum atomic E-state index is -3.63. The molecule has 3 N–H and O–H groups in total. The van der Waals surface area contributed by atoms with Gasteiger partial charge in [0.15, 0.2) is 0 Å². The van der Waals surface area contributed by atoms with Crippen LogP contribution in [0.4, 0.5) is 30.7 Å². The second-order valence-electron chi connectivity index (χ2n) is 11.4. The van der Waals surface area contributed by atoms with E-state index in [1.54, 1.807) is 6.07 Å². The predicted octanol–water partition coefficient (Wildman–Crippen LogP) is 6.31. The molecule has 8 nitrogen and oxygen atoms in total. The Kier molecular flexibility index (Phi) is 6.66. The molecule has 1 unspecified atom stereocenters. The minimum Gasteiger partial charge on any atom is -0.368 e. The summed E-state index contributed by atoms with van der Waals surface area (Å²) in [5.74, 6) is -11.4. The van der Waals surface area contributed by atoms with Crippen molar-refractivity contribution in [1.82, 2.24) is 25.0 Å². The van der Waals surface area contributed by atoms with Crippen LogP contribution in [0.15, 0.2) is 48.7 Å². The number of nitrogens with zero attached hydrogens (tertiary/aromatic N) is 5. The fourth-order valence-corrected chi connectivity index (χ4v) is 6.63. The second-order valence-corrected chi connectivity index (χ2v) is 11.4. The normalized spacial score (nSPS) is 19.1. The summed E-state index contributed by atoms with van der Waals surface area (Å²) in [5, 5.41) is 19.7. The molecule has 234 valence electrons. The lowest BCUT2D eigenvalue weighted by atomic mass is 9.84. The Bertz CT molecular complexity index is 2080. The molecule has 3 aromatic heterocycles. The van der Waals surface area contributed by atoms with Gasteiger partial charge in [0.2, 0.25) is 5.91 Å². The molecule has 1 saturated carbocycles. The highest BCUT2D eigenvalue weighted by Gasteiger charge is 2.67. The molecular weight excluding hydrogens is 619 g/mol. The molecular formula is C31H20F7N7O. The van der Waals surface area contributed by atoms with Crippen LogP contribution in [0.3, 0.4) is 0 Å². The maximum Gasteiger partial charge on any atom is 0.293 e. The van der Waals surface area contributed by atoms with Gasteiger partial charge in [-0.05, 0) is 60.2 Å². The molecule has 3 heterocycles. The Balaban J connectivity index is 1.51. The lowest BCUT2D eigenvalue weighted by molar-refractivity contribution is -0.122. The van der Waals surface area contributed by atoms with Crippen molar-refractivity contribution in [2.24, 2.45) is 11.7 Å². The topological polar surface area (TPSA) is 126 Å². The van der Waals surface area contributed by atoms with Gasteiger partial charge in [0.25, 0.3) is 12.3 Å². The number of rotatable bonds is 8. The van der Waals surface area contributed by atoms with Crippen LogP contribution in [0.2, 0.25) is 0 Å². The van der Waals surface area contributed by atoms with Gasteiger partial charge in [-0.15, -0.1) is 0 Å². The number of hydrogen-bond donors (Lipinski definition) is 2. The molecule has 0 bridgehead atoms. The van der Waals surface area contributed by atoms with Crippen molar-refractivity contribution in [3.8, 4) is 17.2 Å². The van der Waals surface area contributed by atoms with E-state index in [0.29, 0.717) is 16.3 Å². The summed E-state index contributed by atoms with van der Waals surface area (Å²) in [6.07, 6.45) is -2.46. The number of carbonyl (C=O) groups excluding carboxylic acids is 1. The number of nitrogens with one attached hydrogen (secondary N) is 1. The minimum absolute atomic E-state index is 0.0359. The van der Waals surface area contributed by atoms with Crippen molar-refractivity contribution in [2.75, 3.05) is 0 Å². The highest BCUT2D eigenvalue weighted by molar-refractivity contribution is 5.84. The first kappa shape index (κ1) is 29.5. The standard InChI is InChI=1S/C31H20F7N7O/c32-15-3-12(4-16(33)7-15)5-19(25-17(9-22-23(42-25)11-41-43-22)13-1-2-14(10-39)21(34)6-13)27(30(40)46)45-28-24(26(44-45)29(35)36)18-8-20(18)31(28,37)38/h1-4,6-7,9,11,18-20,27,29H,5,8H2,(H2,40,46)(H,41,43)/t18-,19+,20+,27?/m0/s1. The number of aromatic nitrogens is 5. The van der Waals surface area contributed by atoms with E-state index in [0.717, 1.165) is 18.2 Å². The lowest BCUT2D eigenvalue weighted by Crippen LogP contribution is -2.37. The van der Waals surface area contributed by atoms with E-state index in [1.165, 1.54) is 24.4 Å². The number of fused-ring (bicyclic) bond motifs is 4. The van der Waals surface area contributed by atoms with Crippen molar-refractivity contribution >= 4 is 16.9 Å². The van der Waals surface area contributed by atoms with Gasteiger partial charge in [-0.2, -0.15) is 24.2 Å². The van der Waals surface area contributed by atoms with E-state index < -0.39 is 77.3 Å². The number of alkyl halides is 4.